The van der Waals surface area contributed by atoms with Crippen molar-refractivity contribution in [2.45, 2.75) is 32.6 Å². The molecule has 0 aromatic heterocycles. The standard InChI is InChI=1S/C15H23N3O2/c1-4-18(11-10-13(16)17-20)14(19)15(2,3)12-8-6-5-7-9-12/h5-9,20H,4,10-11H2,1-3H3,(H2,16,17). The molecule has 0 heterocycles. The summed E-state index contributed by atoms with van der Waals surface area (Å²) < 4.78 is 0. The number of rotatable bonds is 6. The Kier molecular flexibility index (Phi) is 5.55. The average Bonchev–Trinajstić information content (AvgIpc) is 2.48. The predicted molar refractivity (Wildman–Crippen MR) is 79.7 cm³/mol. The maximum absolute atomic E-state index is 12.7. The van der Waals surface area contributed by atoms with Gasteiger partial charge in [0.25, 0.3) is 0 Å². The Bertz CT molecular complexity index is 469. The van der Waals surface area contributed by atoms with E-state index in [1.165, 1.54) is 0 Å². The lowest BCUT2D eigenvalue weighted by molar-refractivity contribution is -0.136. The van der Waals surface area contributed by atoms with Crippen LogP contribution >= 0.6 is 0 Å². The quantitative estimate of drug-likeness (QED) is 0.361. The number of carbonyl (C=O) groups is 1. The van der Waals surface area contributed by atoms with Crippen molar-refractivity contribution in [2.24, 2.45) is 10.9 Å². The molecule has 0 aliphatic rings. The van der Waals surface area contributed by atoms with Crippen LogP contribution in [0.4, 0.5) is 0 Å². The molecule has 5 heteroatoms. The van der Waals surface area contributed by atoms with E-state index in [1.54, 1.807) is 4.90 Å². The Hall–Kier alpha value is -2.04. The van der Waals surface area contributed by atoms with Crippen molar-refractivity contribution in [3.63, 3.8) is 0 Å². The Morgan fingerprint density at radius 3 is 2.45 bits per heavy atom. The Labute approximate surface area is 120 Å². The van der Waals surface area contributed by atoms with Crippen molar-refractivity contribution < 1.29 is 10.0 Å². The van der Waals surface area contributed by atoms with Crippen molar-refractivity contribution in [3.05, 3.63) is 35.9 Å². The minimum Gasteiger partial charge on any atom is -0.409 e. The number of oxime groups is 1. The number of amidine groups is 1. The van der Waals surface area contributed by atoms with Gasteiger partial charge in [-0.15, -0.1) is 0 Å². The van der Waals surface area contributed by atoms with Gasteiger partial charge in [-0.25, -0.2) is 0 Å². The number of carbonyl (C=O) groups excluding carboxylic acids is 1. The third kappa shape index (κ3) is 3.73. The highest BCUT2D eigenvalue weighted by atomic mass is 16.4. The Morgan fingerprint density at radius 2 is 1.95 bits per heavy atom. The maximum Gasteiger partial charge on any atom is 0.232 e. The number of hydrogen-bond acceptors (Lipinski definition) is 3. The van der Waals surface area contributed by atoms with Crippen molar-refractivity contribution in [2.75, 3.05) is 13.1 Å². The SMILES string of the molecule is CCN(CCC(N)=NO)C(=O)C(C)(C)c1ccccc1. The van der Waals surface area contributed by atoms with Gasteiger partial charge in [0.2, 0.25) is 5.91 Å². The Morgan fingerprint density at radius 1 is 1.35 bits per heavy atom. The molecule has 20 heavy (non-hydrogen) atoms. The smallest absolute Gasteiger partial charge is 0.232 e. The summed E-state index contributed by atoms with van der Waals surface area (Å²) in [4.78, 5) is 14.4. The fourth-order valence-corrected chi connectivity index (χ4v) is 2.08. The molecule has 1 aromatic rings. The van der Waals surface area contributed by atoms with Gasteiger partial charge in [0, 0.05) is 19.5 Å². The molecule has 0 radical (unpaired) electrons. The van der Waals surface area contributed by atoms with E-state index in [0.29, 0.717) is 19.5 Å². The van der Waals surface area contributed by atoms with Gasteiger partial charge in [-0.3, -0.25) is 4.79 Å². The zero-order valence-corrected chi connectivity index (χ0v) is 12.3. The van der Waals surface area contributed by atoms with E-state index < -0.39 is 5.41 Å². The van der Waals surface area contributed by atoms with Crippen LogP contribution in [0.5, 0.6) is 0 Å². The summed E-state index contributed by atoms with van der Waals surface area (Å²) in [5, 5.41) is 11.5. The third-order valence-corrected chi connectivity index (χ3v) is 3.47. The zero-order chi connectivity index (χ0) is 15.2. The van der Waals surface area contributed by atoms with E-state index in [2.05, 4.69) is 5.16 Å². The summed E-state index contributed by atoms with van der Waals surface area (Å²) in [5.41, 5.74) is 5.84. The first-order valence-corrected chi connectivity index (χ1v) is 6.74. The molecule has 0 saturated heterocycles. The molecule has 0 saturated carbocycles. The average molecular weight is 277 g/mol. The van der Waals surface area contributed by atoms with Gasteiger partial charge in [-0.05, 0) is 26.3 Å². The number of amides is 1. The second kappa shape index (κ2) is 6.93. The monoisotopic (exact) mass is 277 g/mol. The minimum atomic E-state index is -0.595. The van der Waals surface area contributed by atoms with E-state index in [4.69, 9.17) is 10.9 Å². The maximum atomic E-state index is 12.7. The van der Waals surface area contributed by atoms with Crippen molar-refractivity contribution in [1.82, 2.24) is 4.90 Å². The van der Waals surface area contributed by atoms with Crippen LogP contribution in [-0.4, -0.2) is 34.9 Å². The molecule has 0 fully saturated rings. The molecule has 0 aliphatic carbocycles. The Balaban J connectivity index is 2.85. The lowest BCUT2D eigenvalue weighted by atomic mass is 9.83. The number of nitrogens with zero attached hydrogens (tertiary/aromatic N) is 2. The molecule has 3 N–H and O–H groups in total. The summed E-state index contributed by atoms with van der Waals surface area (Å²) in [6.45, 7) is 6.79. The first kappa shape index (κ1) is 16.0. The van der Waals surface area contributed by atoms with Gasteiger partial charge in [-0.1, -0.05) is 35.5 Å². The van der Waals surface area contributed by atoms with E-state index >= 15 is 0 Å². The molecule has 0 bridgehead atoms. The number of benzene rings is 1. The van der Waals surface area contributed by atoms with Crippen LogP contribution in [-0.2, 0) is 10.2 Å². The third-order valence-electron chi connectivity index (χ3n) is 3.47. The van der Waals surface area contributed by atoms with E-state index in [1.807, 2.05) is 51.1 Å². The topological polar surface area (TPSA) is 78.9 Å². The van der Waals surface area contributed by atoms with Crippen LogP contribution in [0.2, 0.25) is 0 Å². The zero-order valence-electron chi connectivity index (χ0n) is 12.3. The van der Waals surface area contributed by atoms with Crippen LogP contribution < -0.4 is 5.73 Å². The molecular weight excluding hydrogens is 254 g/mol. The highest BCUT2D eigenvalue weighted by Crippen LogP contribution is 2.25. The van der Waals surface area contributed by atoms with Gasteiger partial charge in [0.1, 0.15) is 5.84 Å². The van der Waals surface area contributed by atoms with Crippen molar-refractivity contribution in [1.29, 1.82) is 0 Å². The van der Waals surface area contributed by atoms with Gasteiger partial charge >= 0.3 is 0 Å². The van der Waals surface area contributed by atoms with Gasteiger partial charge < -0.3 is 15.8 Å². The molecule has 1 aromatic carbocycles. The second-order valence-electron chi connectivity index (χ2n) is 5.22. The van der Waals surface area contributed by atoms with Crippen LogP contribution in [0, 0.1) is 0 Å². The van der Waals surface area contributed by atoms with E-state index in [9.17, 15) is 4.79 Å². The van der Waals surface area contributed by atoms with Crippen molar-refractivity contribution >= 4 is 11.7 Å². The number of hydrogen-bond donors (Lipinski definition) is 2. The fraction of sp³-hybridized carbons (Fsp3) is 0.467. The van der Waals surface area contributed by atoms with Crippen LogP contribution in [0.15, 0.2) is 35.5 Å². The second-order valence-corrected chi connectivity index (χ2v) is 5.22. The van der Waals surface area contributed by atoms with Crippen molar-refractivity contribution in [3.8, 4) is 0 Å². The molecule has 0 unspecified atom stereocenters. The first-order chi connectivity index (χ1) is 9.43. The summed E-state index contributed by atoms with van der Waals surface area (Å²) in [6.07, 6.45) is 0.362. The number of nitrogens with two attached hydrogens (primary N) is 1. The molecule has 110 valence electrons. The first-order valence-electron chi connectivity index (χ1n) is 6.74. The van der Waals surface area contributed by atoms with Crippen LogP contribution in [0.25, 0.3) is 0 Å². The van der Waals surface area contributed by atoms with Gasteiger partial charge in [-0.2, -0.15) is 0 Å². The molecule has 0 aliphatic heterocycles. The molecule has 5 nitrogen and oxygen atoms in total. The van der Waals surface area contributed by atoms with Crippen LogP contribution in [0.1, 0.15) is 32.8 Å². The number of likely N-dealkylation sites (N-methyl/N-ethyl adjacent to an activating group) is 1. The summed E-state index contributed by atoms with van der Waals surface area (Å²) in [5.74, 6) is 0.172. The van der Waals surface area contributed by atoms with E-state index in [-0.39, 0.29) is 11.7 Å². The molecule has 0 atom stereocenters. The fourth-order valence-electron chi connectivity index (χ4n) is 2.08. The normalized spacial score (nSPS) is 12.2. The molecule has 1 rings (SSSR count). The summed E-state index contributed by atoms with van der Waals surface area (Å²) in [7, 11) is 0. The van der Waals surface area contributed by atoms with Gasteiger partial charge in [0.15, 0.2) is 0 Å². The lowest BCUT2D eigenvalue weighted by Crippen LogP contribution is -2.44. The predicted octanol–water partition coefficient (Wildman–Crippen LogP) is 1.95. The highest BCUT2D eigenvalue weighted by molar-refractivity contribution is 5.88. The van der Waals surface area contributed by atoms with E-state index in [0.717, 1.165) is 5.56 Å². The summed E-state index contributed by atoms with van der Waals surface area (Å²) in [6, 6.07) is 9.69. The molecule has 1 amide bonds. The lowest BCUT2D eigenvalue weighted by Gasteiger charge is -2.31. The van der Waals surface area contributed by atoms with Crippen LogP contribution in [0.3, 0.4) is 0 Å². The highest BCUT2D eigenvalue weighted by Gasteiger charge is 2.32. The molecular formula is C15H23N3O2. The minimum absolute atomic E-state index is 0.0388. The largest absolute Gasteiger partial charge is 0.409 e. The van der Waals surface area contributed by atoms with Gasteiger partial charge in [0.05, 0.1) is 5.41 Å². The summed E-state index contributed by atoms with van der Waals surface area (Å²) >= 11 is 0. The molecule has 0 spiro atoms.